The van der Waals surface area contributed by atoms with E-state index in [-0.39, 0.29) is 25.5 Å². The maximum atomic E-state index is 13.6. The van der Waals surface area contributed by atoms with E-state index in [4.69, 9.17) is 11.5 Å². The van der Waals surface area contributed by atoms with E-state index in [0.29, 0.717) is 24.2 Å². The molecule has 0 spiro atoms. The highest BCUT2D eigenvalue weighted by molar-refractivity contribution is 5.86. The first-order chi connectivity index (χ1) is 17.4. The molecule has 10 heteroatoms. The SMILES string of the molecule is C[C@@H](c1ccc(F)cc1)N(CC(=O)N(CC(C)(N)O)[C@@H](C)c1ccc(F)cc1)C(=O)CNCCCCN. The molecule has 204 valence electrons. The van der Waals surface area contributed by atoms with E-state index in [1.807, 2.05) is 0 Å². The molecule has 0 heterocycles. The van der Waals surface area contributed by atoms with E-state index in [1.165, 1.54) is 41.0 Å². The van der Waals surface area contributed by atoms with Crippen LogP contribution in [0.4, 0.5) is 8.78 Å². The number of nitrogens with two attached hydrogens (primary N) is 2. The third kappa shape index (κ3) is 9.81. The Morgan fingerprint density at radius 2 is 1.41 bits per heavy atom. The van der Waals surface area contributed by atoms with Gasteiger partial charge in [0.25, 0.3) is 0 Å². The predicted octanol–water partition coefficient (Wildman–Crippen LogP) is 2.44. The van der Waals surface area contributed by atoms with E-state index in [0.717, 1.165) is 12.8 Å². The van der Waals surface area contributed by atoms with Gasteiger partial charge in [0.05, 0.1) is 25.2 Å². The molecule has 0 aliphatic heterocycles. The Bertz CT molecular complexity index is 997. The summed E-state index contributed by atoms with van der Waals surface area (Å²) in [6.45, 7) is 5.53. The van der Waals surface area contributed by atoms with Gasteiger partial charge in [-0.3, -0.25) is 9.59 Å². The number of unbranched alkanes of at least 4 members (excludes halogenated alkanes) is 1. The topological polar surface area (TPSA) is 125 Å². The van der Waals surface area contributed by atoms with Crippen LogP contribution in [0, 0.1) is 11.6 Å². The highest BCUT2D eigenvalue weighted by Gasteiger charge is 2.31. The van der Waals surface area contributed by atoms with Crippen molar-refractivity contribution in [1.29, 1.82) is 0 Å². The van der Waals surface area contributed by atoms with E-state index in [1.54, 1.807) is 38.1 Å². The van der Waals surface area contributed by atoms with E-state index in [9.17, 15) is 23.5 Å². The van der Waals surface area contributed by atoms with Crippen molar-refractivity contribution < 1.29 is 23.5 Å². The Balaban J connectivity index is 2.30. The highest BCUT2D eigenvalue weighted by atomic mass is 19.1. The molecule has 0 saturated carbocycles. The molecular weight excluding hydrogens is 480 g/mol. The summed E-state index contributed by atoms with van der Waals surface area (Å²) < 4.78 is 27.0. The number of amides is 2. The van der Waals surface area contributed by atoms with Gasteiger partial charge in [0.15, 0.2) is 0 Å². The molecule has 0 aliphatic carbocycles. The maximum absolute atomic E-state index is 13.6. The minimum atomic E-state index is -1.70. The summed E-state index contributed by atoms with van der Waals surface area (Å²) in [5.41, 5.74) is 11.0. The average Bonchev–Trinajstić information content (AvgIpc) is 2.85. The number of halogens is 2. The number of aliphatic hydroxyl groups is 1. The number of carbonyl (C=O) groups excluding carboxylic acids is 2. The summed E-state index contributed by atoms with van der Waals surface area (Å²) in [5, 5.41) is 13.4. The number of rotatable bonds is 14. The molecule has 0 fully saturated rings. The molecule has 0 aromatic heterocycles. The number of hydrogen-bond donors (Lipinski definition) is 4. The Morgan fingerprint density at radius 3 is 1.86 bits per heavy atom. The molecule has 0 saturated heterocycles. The van der Waals surface area contributed by atoms with Gasteiger partial charge in [-0.05, 0) is 82.1 Å². The molecule has 2 rings (SSSR count). The lowest BCUT2D eigenvalue weighted by Crippen LogP contribution is -2.53. The van der Waals surface area contributed by atoms with Gasteiger partial charge >= 0.3 is 0 Å². The van der Waals surface area contributed by atoms with Gasteiger partial charge in [0.1, 0.15) is 23.9 Å². The lowest BCUT2D eigenvalue weighted by atomic mass is 10.0. The lowest BCUT2D eigenvalue weighted by Gasteiger charge is -2.37. The first-order valence-electron chi connectivity index (χ1n) is 12.4. The van der Waals surface area contributed by atoms with Crippen LogP contribution in [-0.4, -0.2) is 65.2 Å². The van der Waals surface area contributed by atoms with Crippen LogP contribution in [0.2, 0.25) is 0 Å². The second kappa shape index (κ2) is 14.1. The zero-order chi connectivity index (χ0) is 27.6. The largest absolute Gasteiger partial charge is 0.375 e. The van der Waals surface area contributed by atoms with Crippen LogP contribution in [-0.2, 0) is 9.59 Å². The fourth-order valence-electron chi connectivity index (χ4n) is 4.00. The van der Waals surface area contributed by atoms with Crippen molar-refractivity contribution in [3.05, 3.63) is 71.3 Å². The molecular formula is C27H39F2N5O3. The smallest absolute Gasteiger partial charge is 0.242 e. The molecule has 1 unspecified atom stereocenters. The van der Waals surface area contributed by atoms with Crippen molar-refractivity contribution in [3.63, 3.8) is 0 Å². The fourth-order valence-corrected chi connectivity index (χ4v) is 4.00. The van der Waals surface area contributed by atoms with Crippen LogP contribution >= 0.6 is 0 Å². The van der Waals surface area contributed by atoms with Crippen LogP contribution in [0.3, 0.4) is 0 Å². The molecule has 37 heavy (non-hydrogen) atoms. The van der Waals surface area contributed by atoms with Crippen molar-refractivity contribution in [1.82, 2.24) is 15.1 Å². The third-order valence-electron chi connectivity index (χ3n) is 6.16. The van der Waals surface area contributed by atoms with Gasteiger partial charge in [0, 0.05) is 0 Å². The Hall–Kier alpha value is -2.92. The van der Waals surface area contributed by atoms with Crippen molar-refractivity contribution in [2.24, 2.45) is 11.5 Å². The molecule has 0 bridgehead atoms. The second-order valence-corrected chi connectivity index (χ2v) is 9.53. The van der Waals surface area contributed by atoms with Crippen molar-refractivity contribution in [2.45, 2.75) is 51.4 Å². The van der Waals surface area contributed by atoms with Crippen molar-refractivity contribution >= 4 is 11.8 Å². The van der Waals surface area contributed by atoms with E-state index >= 15 is 0 Å². The number of hydrogen-bond acceptors (Lipinski definition) is 6. The molecule has 2 aromatic carbocycles. The summed E-state index contributed by atoms with van der Waals surface area (Å²) >= 11 is 0. The summed E-state index contributed by atoms with van der Waals surface area (Å²) in [7, 11) is 0. The second-order valence-electron chi connectivity index (χ2n) is 9.53. The lowest BCUT2D eigenvalue weighted by molar-refractivity contribution is -0.145. The first kappa shape index (κ1) is 30.3. The zero-order valence-electron chi connectivity index (χ0n) is 21.8. The summed E-state index contributed by atoms with van der Waals surface area (Å²) in [4.78, 5) is 29.7. The minimum Gasteiger partial charge on any atom is -0.375 e. The molecule has 3 atom stereocenters. The minimum absolute atomic E-state index is 0.00546. The third-order valence-corrected chi connectivity index (χ3v) is 6.16. The zero-order valence-corrected chi connectivity index (χ0v) is 21.8. The Morgan fingerprint density at radius 1 is 0.919 bits per heavy atom. The van der Waals surface area contributed by atoms with Crippen molar-refractivity contribution in [2.75, 3.05) is 32.7 Å². The average molecular weight is 520 g/mol. The quantitative estimate of drug-likeness (QED) is 0.225. The summed E-state index contributed by atoms with van der Waals surface area (Å²) in [6.07, 6.45) is 1.63. The van der Waals surface area contributed by atoms with Crippen LogP contribution in [0.5, 0.6) is 0 Å². The van der Waals surface area contributed by atoms with Crippen LogP contribution in [0.15, 0.2) is 48.5 Å². The number of nitrogens with zero attached hydrogens (tertiary/aromatic N) is 2. The molecule has 6 N–H and O–H groups in total. The van der Waals surface area contributed by atoms with Gasteiger partial charge in [-0.1, -0.05) is 24.3 Å². The Labute approximate surface area is 217 Å². The summed E-state index contributed by atoms with van der Waals surface area (Å²) in [5.74, 6) is -1.58. The number of carbonyl (C=O) groups is 2. The van der Waals surface area contributed by atoms with Gasteiger partial charge in [0.2, 0.25) is 11.8 Å². The van der Waals surface area contributed by atoms with Crippen LogP contribution in [0.25, 0.3) is 0 Å². The molecule has 2 amide bonds. The Kier molecular flexibility index (Phi) is 11.6. The highest BCUT2D eigenvalue weighted by Crippen LogP contribution is 2.25. The number of benzene rings is 2. The molecule has 2 aromatic rings. The standard InChI is InChI=1S/C27H39F2N5O3/c1-19(21-6-10-23(28)11-7-21)33(25(35)16-32-15-5-4-14-30)17-26(36)34(18-27(3,31)37)20(2)22-8-12-24(29)13-9-22/h6-13,19-20,32,37H,4-5,14-18,30-31H2,1-3H3/t19-,20-,27?/m0/s1. The molecule has 0 radical (unpaired) electrons. The van der Waals surface area contributed by atoms with Gasteiger partial charge in [-0.25, -0.2) is 8.78 Å². The molecule has 0 aliphatic rings. The first-order valence-corrected chi connectivity index (χ1v) is 12.4. The van der Waals surface area contributed by atoms with Gasteiger partial charge in [-0.2, -0.15) is 0 Å². The molecule has 8 nitrogen and oxygen atoms in total. The van der Waals surface area contributed by atoms with E-state index < -0.39 is 35.4 Å². The normalized spacial score (nSPS) is 14.5. The van der Waals surface area contributed by atoms with E-state index in [2.05, 4.69) is 5.32 Å². The van der Waals surface area contributed by atoms with Gasteiger partial charge < -0.3 is 31.7 Å². The predicted molar refractivity (Wildman–Crippen MR) is 139 cm³/mol. The summed E-state index contributed by atoms with van der Waals surface area (Å²) in [6, 6.07) is 10.3. The monoisotopic (exact) mass is 519 g/mol. The maximum Gasteiger partial charge on any atom is 0.242 e. The number of nitrogens with one attached hydrogen (secondary N) is 1. The van der Waals surface area contributed by atoms with Crippen LogP contribution in [0.1, 0.15) is 56.8 Å². The van der Waals surface area contributed by atoms with Crippen LogP contribution < -0.4 is 16.8 Å². The van der Waals surface area contributed by atoms with Crippen molar-refractivity contribution in [3.8, 4) is 0 Å². The fraction of sp³-hybridized carbons (Fsp3) is 0.481. The van der Waals surface area contributed by atoms with Gasteiger partial charge in [-0.15, -0.1) is 0 Å².